The zero-order chi connectivity index (χ0) is 16.4. The van der Waals surface area contributed by atoms with Crippen LogP contribution in [0.5, 0.6) is 0 Å². The molecule has 3 rings (SSSR count). The van der Waals surface area contributed by atoms with Crippen LogP contribution in [-0.2, 0) is 21.2 Å². The molecule has 1 aromatic carbocycles. The van der Waals surface area contributed by atoms with Gasteiger partial charge in [0.1, 0.15) is 4.90 Å². The molecule has 0 saturated carbocycles. The minimum Gasteiger partial charge on any atom is -0.274 e. The molecule has 0 fully saturated rings. The average Bonchev–Trinajstić information content (AvgIpc) is 2.96. The Balaban J connectivity index is 1.77. The molecule has 0 spiro atoms. The number of nitrogens with one attached hydrogen (secondary N) is 1. The van der Waals surface area contributed by atoms with Crippen molar-refractivity contribution < 1.29 is 13.2 Å². The summed E-state index contributed by atoms with van der Waals surface area (Å²) in [6.07, 6.45) is 1.19. The van der Waals surface area contributed by atoms with Gasteiger partial charge < -0.3 is 0 Å². The summed E-state index contributed by atoms with van der Waals surface area (Å²) < 4.78 is 27.3. The fourth-order valence-electron chi connectivity index (χ4n) is 2.01. The lowest BCUT2D eigenvalue weighted by molar-refractivity contribution is -0.118. The van der Waals surface area contributed by atoms with E-state index in [1.54, 1.807) is 30.3 Å². The smallest absolute Gasteiger partial charge is 0.265 e. The normalized spacial score (nSPS) is 11.5. The molecule has 2 aromatic heterocycles. The van der Waals surface area contributed by atoms with Gasteiger partial charge in [-0.05, 0) is 35.2 Å². The van der Waals surface area contributed by atoms with Crippen LogP contribution in [0.15, 0.2) is 52.9 Å². The standard InChI is InChI=1S/C15H11ClN2O3S2/c16-11-3-1-10(2-4-11)7-15(19)18-23(20,21)12-8-14-13(17-9-12)5-6-22-14/h1-6,8-9H,7H2,(H,18,19). The molecule has 0 aliphatic rings. The number of thiophene rings is 1. The first kappa shape index (κ1) is 15.9. The summed E-state index contributed by atoms with van der Waals surface area (Å²) in [5.41, 5.74) is 1.40. The van der Waals surface area contributed by atoms with Crippen molar-refractivity contribution in [2.75, 3.05) is 0 Å². The van der Waals surface area contributed by atoms with Crippen LogP contribution in [0, 0.1) is 0 Å². The Morgan fingerprint density at radius 2 is 1.96 bits per heavy atom. The van der Waals surface area contributed by atoms with Gasteiger partial charge in [-0.15, -0.1) is 11.3 Å². The number of hydrogen-bond acceptors (Lipinski definition) is 5. The Hall–Kier alpha value is -1.96. The highest BCUT2D eigenvalue weighted by atomic mass is 35.5. The Morgan fingerprint density at radius 1 is 1.22 bits per heavy atom. The predicted octanol–water partition coefficient (Wildman–Crippen LogP) is 3.00. The lowest BCUT2D eigenvalue weighted by Crippen LogP contribution is -2.31. The van der Waals surface area contributed by atoms with Gasteiger partial charge in [-0.3, -0.25) is 9.78 Å². The van der Waals surface area contributed by atoms with E-state index < -0.39 is 15.9 Å². The molecular formula is C15H11ClN2O3S2. The van der Waals surface area contributed by atoms with E-state index in [4.69, 9.17) is 11.6 Å². The Labute approximate surface area is 142 Å². The van der Waals surface area contributed by atoms with Crippen molar-refractivity contribution in [3.63, 3.8) is 0 Å². The number of fused-ring (bicyclic) bond motifs is 1. The van der Waals surface area contributed by atoms with Gasteiger partial charge in [0, 0.05) is 11.2 Å². The van der Waals surface area contributed by atoms with Crippen molar-refractivity contribution in [2.45, 2.75) is 11.3 Å². The number of pyridine rings is 1. The topological polar surface area (TPSA) is 76.1 Å². The number of rotatable bonds is 4. The number of amides is 1. The third-order valence-electron chi connectivity index (χ3n) is 3.11. The number of halogens is 1. The number of carbonyl (C=O) groups excluding carboxylic acids is 1. The van der Waals surface area contributed by atoms with E-state index in [1.807, 2.05) is 5.38 Å². The fraction of sp³-hybridized carbons (Fsp3) is 0.0667. The summed E-state index contributed by atoms with van der Waals surface area (Å²) >= 11 is 7.16. The quantitative estimate of drug-likeness (QED) is 0.770. The van der Waals surface area contributed by atoms with Crippen molar-refractivity contribution in [1.82, 2.24) is 9.71 Å². The number of benzene rings is 1. The second-order valence-corrected chi connectivity index (χ2v) is 7.87. The van der Waals surface area contributed by atoms with Gasteiger partial charge in [0.15, 0.2) is 0 Å². The SMILES string of the molecule is O=C(Cc1ccc(Cl)cc1)NS(=O)(=O)c1cnc2ccsc2c1. The van der Waals surface area contributed by atoms with Crippen LogP contribution < -0.4 is 4.72 Å². The number of hydrogen-bond donors (Lipinski definition) is 1. The molecule has 0 unspecified atom stereocenters. The predicted molar refractivity (Wildman–Crippen MR) is 90.1 cm³/mol. The summed E-state index contributed by atoms with van der Waals surface area (Å²) in [5.74, 6) is -0.612. The van der Waals surface area contributed by atoms with Crippen molar-refractivity contribution in [1.29, 1.82) is 0 Å². The van der Waals surface area contributed by atoms with Gasteiger partial charge in [0.25, 0.3) is 10.0 Å². The fourth-order valence-corrected chi connectivity index (χ4v) is 3.94. The van der Waals surface area contributed by atoms with Gasteiger partial charge in [-0.25, -0.2) is 13.1 Å². The van der Waals surface area contributed by atoms with E-state index in [0.717, 1.165) is 10.2 Å². The number of carbonyl (C=O) groups is 1. The van der Waals surface area contributed by atoms with Crippen molar-refractivity contribution in [3.8, 4) is 0 Å². The van der Waals surface area contributed by atoms with Crippen LogP contribution in [0.4, 0.5) is 0 Å². The van der Waals surface area contributed by atoms with Crippen molar-refractivity contribution >= 4 is 49.1 Å². The van der Waals surface area contributed by atoms with Crippen LogP contribution in [0.2, 0.25) is 5.02 Å². The second-order valence-electron chi connectivity index (χ2n) is 4.81. The molecule has 8 heteroatoms. The minimum absolute atomic E-state index is 0.0306. The summed E-state index contributed by atoms with van der Waals surface area (Å²) in [4.78, 5) is 16.0. The Bertz CT molecular complexity index is 966. The first-order valence-electron chi connectivity index (χ1n) is 6.57. The summed E-state index contributed by atoms with van der Waals surface area (Å²) in [6, 6.07) is 9.95. The minimum atomic E-state index is -3.94. The molecule has 3 aromatic rings. The maximum Gasteiger partial charge on any atom is 0.265 e. The molecule has 23 heavy (non-hydrogen) atoms. The van der Waals surface area contributed by atoms with E-state index in [1.165, 1.54) is 23.6 Å². The highest BCUT2D eigenvalue weighted by molar-refractivity contribution is 7.90. The van der Waals surface area contributed by atoms with E-state index in [9.17, 15) is 13.2 Å². The molecule has 1 amide bonds. The molecule has 1 N–H and O–H groups in total. The molecule has 0 radical (unpaired) electrons. The lowest BCUT2D eigenvalue weighted by atomic mass is 10.1. The van der Waals surface area contributed by atoms with Crippen LogP contribution in [0.25, 0.3) is 10.2 Å². The zero-order valence-electron chi connectivity index (χ0n) is 11.7. The largest absolute Gasteiger partial charge is 0.274 e. The highest BCUT2D eigenvalue weighted by Gasteiger charge is 2.19. The molecule has 118 valence electrons. The van der Waals surface area contributed by atoms with Crippen LogP contribution in [0.3, 0.4) is 0 Å². The maximum atomic E-state index is 12.3. The summed E-state index contributed by atoms with van der Waals surface area (Å²) in [5, 5.41) is 2.38. The van der Waals surface area contributed by atoms with E-state index in [2.05, 4.69) is 9.71 Å². The molecular weight excluding hydrogens is 356 g/mol. The second kappa shape index (κ2) is 6.27. The van der Waals surface area contributed by atoms with Gasteiger partial charge in [0.05, 0.1) is 16.6 Å². The highest BCUT2D eigenvalue weighted by Crippen LogP contribution is 2.21. The zero-order valence-corrected chi connectivity index (χ0v) is 14.1. The monoisotopic (exact) mass is 366 g/mol. The molecule has 5 nitrogen and oxygen atoms in total. The van der Waals surface area contributed by atoms with Gasteiger partial charge in [0.2, 0.25) is 5.91 Å². The molecule has 0 aliphatic heterocycles. The van der Waals surface area contributed by atoms with Crippen LogP contribution in [0.1, 0.15) is 5.56 Å². The Morgan fingerprint density at radius 3 is 2.70 bits per heavy atom. The first-order chi connectivity index (χ1) is 10.9. The summed E-state index contributed by atoms with van der Waals surface area (Å²) in [6.45, 7) is 0. The van der Waals surface area contributed by atoms with Gasteiger partial charge in [-0.1, -0.05) is 23.7 Å². The number of aromatic nitrogens is 1. The average molecular weight is 367 g/mol. The third kappa shape index (κ3) is 3.69. The maximum absolute atomic E-state index is 12.3. The van der Waals surface area contributed by atoms with Crippen molar-refractivity contribution in [3.05, 3.63) is 58.6 Å². The summed E-state index contributed by atoms with van der Waals surface area (Å²) in [7, 11) is -3.94. The van der Waals surface area contributed by atoms with Gasteiger partial charge >= 0.3 is 0 Å². The number of nitrogens with zero attached hydrogens (tertiary/aromatic N) is 1. The molecule has 0 aliphatic carbocycles. The van der Waals surface area contributed by atoms with E-state index >= 15 is 0 Å². The molecule has 0 atom stereocenters. The first-order valence-corrected chi connectivity index (χ1v) is 9.31. The number of sulfonamides is 1. The van der Waals surface area contributed by atoms with Crippen LogP contribution in [-0.4, -0.2) is 19.3 Å². The van der Waals surface area contributed by atoms with Gasteiger partial charge in [-0.2, -0.15) is 0 Å². The third-order valence-corrected chi connectivity index (χ3v) is 5.56. The van der Waals surface area contributed by atoms with E-state index in [0.29, 0.717) is 10.6 Å². The lowest BCUT2D eigenvalue weighted by Gasteiger charge is -2.07. The van der Waals surface area contributed by atoms with Crippen molar-refractivity contribution in [2.24, 2.45) is 0 Å². The Kier molecular flexibility index (Phi) is 4.34. The molecule has 2 heterocycles. The molecule has 0 bridgehead atoms. The van der Waals surface area contributed by atoms with Crippen LogP contribution >= 0.6 is 22.9 Å². The molecule has 0 saturated heterocycles. The van der Waals surface area contributed by atoms with E-state index in [-0.39, 0.29) is 11.3 Å².